The third kappa shape index (κ3) is 13.5. The lowest BCUT2D eigenvalue weighted by atomic mass is 10.0. The van der Waals surface area contributed by atoms with Gasteiger partial charge in [0.25, 0.3) is 0 Å². The topological polar surface area (TPSA) is 115 Å². The third-order valence-corrected chi connectivity index (χ3v) is 6.12. The minimum Gasteiger partial charge on any atom is -0.550 e. The van der Waals surface area contributed by atoms with E-state index in [1.807, 2.05) is 0 Å². The number of quaternary nitrogens is 1. The van der Waals surface area contributed by atoms with Gasteiger partial charge in [-0.25, -0.2) is 0 Å². The molecule has 0 aromatic carbocycles. The number of aliphatic carboxylic acids is 3. The Bertz CT molecular complexity index is 534. The Morgan fingerprint density at radius 3 is 1.66 bits per heavy atom. The van der Waals surface area contributed by atoms with Gasteiger partial charge in [0.1, 0.15) is 11.8 Å². The van der Waals surface area contributed by atoms with Gasteiger partial charge in [0.15, 0.2) is 0 Å². The zero-order valence-corrected chi connectivity index (χ0v) is 20.6. The summed E-state index contributed by atoms with van der Waals surface area (Å²) in [6.45, 7) is 8.03. The maximum atomic E-state index is 11.5. The van der Waals surface area contributed by atoms with Crippen LogP contribution < -0.4 is 5.11 Å². The second kappa shape index (κ2) is 16.7. The predicted molar refractivity (Wildman–Crippen MR) is 124 cm³/mol. The number of nitrogens with zero attached hydrogens (tertiary/aromatic N) is 1. The second-order valence-electron chi connectivity index (χ2n) is 9.48. The van der Waals surface area contributed by atoms with Gasteiger partial charge in [-0.3, -0.25) is 9.59 Å². The molecule has 0 saturated heterocycles. The second-order valence-corrected chi connectivity index (χ2v) is 9.48. The fraction of sp³-hybridized carbons (Fsp3) is 0.800. The Morgan fingerprint density at radius 2 is 1.19 bits per heavy atom. The van der Waals surface area contributed by atoms with Gasteiger partial charge in [0.05, 0.1) is 26.2 Å². The number of rotatable bonds is 20. The number of carboxylic acids is 3. The summed E-state index contributed by atoms with van der Waals surface area (Å²) in [6.07, 6.45) is 14.4. The van der Waals surface area contributed by atoms with Gasteiger partial charge in [-0.2, -0.15) is 0 Å². The molecule has 2 N–H and O–H groups in total. The highest BCUT2D eigenvalue weighted by Crippen LogP contribution is 2.21. The molecule has 7 heteroatoms. The van der Waals surface area contributed by atoms with Crippen molar-refractivity contribution in [1.82, 2.24) is 0 Å². The van der Waals surface area contributed by atoms with Crippen molar-refractivity contribution in [3.63, 3.8) is 0 Å². The fourth-order valence-corrected chi connectivity index (χ4v) is 4.29. The normalized spacial score (nSPS) is 16.4. The Kier molecular flexibility index (Phi) is 15.7. The molecular weight excluding hydrogens is 410 g/mol. The Balaban J connectivity index is 5.03. The van der Waals surface area contributed by atoms with Crippen LogP contribution in [-0.2, 0) is 14.4 Å². The lowest BCUT2D eigenvalue weighted by Crippen LogP contribution is -2.58. The average molecular weight is 456 g/mol. The maximum Gasteiger partial charge on any atom is 0.311 e. The first-order valence-corrected chi connectivity index (χ1v) is 12.2. The molecule has 0 fully saturated rings. The molecule has 32 heavy (non-hydrogen) atoms. The van der Waals surface area contributed by atoms with E-state index < -0.39 is 35.7 Å². The first-order valence-electron chi connectivity index (χ1n) is 12.2. The van der Waals surface area contributed by atoms with Crippen LogP contribution >= 0.6 is 0 Å². The summed E-state index contributed by atoms with van der Waals surface area (Å²) >= 11 is 0. The molecule has 0 aliphatic carbocycles. The van der Waals surface area contributed by atoms with E-state index in [-0.39, 0.29) is 24.1 Å². The molecule has 7 nitrogen and oxygen atoms in total. The summed E-state index contributed by atoms with van der Waals surface area (Å²) in [6, 6.07) is 0. The molecule has 0 saturated carbocycles. The minimum absolute atomic E-state index is 0.154. The summed E-state index contributed by atoms with van der Waals surface area (Å²) in [5, 5.41) is 30.3. The summed E-state index contributed by atoms with van der Waals surface area (Å²) < 4.78 is 0.154. The molecule has 3 unspecified atom stereocenters. The van der Waals surface area contributed by atoms with Gasteiger partial charge in [-0.05, 0) is 33.1 Å². The van der Waals surface area contributed by atoms with E-state index >= 15 is 0 Å². The van der Waals surface area contributed by atoms with Crippen LogP contribution in [0.2, 0.25) is 0 Å². The van der Waals surface area contributed by atoms with Gasteiger partial charge in [-0.1, -0.05) is 58.1 Å². The minimum atomic E-state index is -1.20. The van der Waals surface area contributed by atoms with Gasteiger partial charge in [0, 0.05) is 18.3 Å². The lowest BCUT2D eigenvalue weighted by Gasteiger charge is -2.43. The molecule has 0 aromatic rings. The quantitative estimate of drug-likeness (QED) is 0.164. The summed E-state index contributed by atoms with van der Waals surface area (Å²) in [5.41, 5.74) is 0. The Morgan fingerprint density at radius 1 is 0.750 bits per heavy atom. The van der Waals surface area contributed by atoms with Crippen LogP contribution in [0.25, 0.3) is 0 Å². The molecule has 0 bridgehead atoms. The smallest absolute Gasteiger partial charge is 0.311 e. The van der Waals surface area contributed by atoms with Gasteiger partial charge in [-0.15, -0.1) is 0 Å². The van der Waals surface area contributed by atoms with Gasteiger partial charge < -0.3 is 24.6 Å². The van der Waals surface area contributed by atoms with Crippen molar-refractivity contribution in [1.29, 1.82) is 0 Å². The van der Waals surface area contributed by atoms with Crippen molar-refractivity contribution in [3.8, 4) is 0 Å². The van der Waals surface area contributed by atoms with Crippen LogP contribution in [0.15, 0.2) is 12.2 Å². The maximum absolute atomic E-state index is 11.5. The average Bonchev–Trinajstić information content (AvgIpc) is 2.71. The van der Waals surface area contributed by atoms with E-state index in [0.29, 0.717) is 6.54 Å². The van der Waals surface area contributed by atoms with Gasteiger partial charge >= 0.3 is 11.9 Å². The lowest BCUT2D eigenvalue weighted by molar-refractivity contribution is -0.934. The molecule has 0 spiro atoms. The molecule has 0 amide bonds. The molecule has 0 heterocycles. The largest absolute Gasteiger partial charge is 0.550 e. The summed E-state index contributed by atoms with van der Waals surface area (Å²) in [5.74, 6) is -5.32. The molecule has 186 valence electrons. The van der Waals surface area contributed by atoms with E-state index in [1.54, 1.807) is 20.8 Å². The van der Waals surface area contributed by atoms with Crippen LogP contribution in [-0.4, -0.2) is 58.8 Å². The number of hydrogen-bond donors (Lipinski definition) is 2. The zero-order chi connectivity index (χ0) is 24.6. The number of allylic oxidation sites excluding steroid dienone is 2. The number of hydrogen-bond acceptors (Lipinski definition) is 4. The molecule has 0 rings (SSSR count). The molecule has 0 aliphatic rings. The highest BCUT2D eigenvalue weighted by Gasteiger charge is 2.36. The first kappa shape index (κ1) is 30.1. The molecule has 0 aromatic heterocycles. The Hall–Kier alpha value is -1.89. The highest BCUT2D eigenvalue weighted by molar-refractivity contribution is 5.70. The van der Waals surface area contributed by atoms with Crippen molar-refractivity contribution < 1.29 is 34.2 Å². The summed E-state index contributed by atoms with van der Waals surface area (Å²) in [7, 11) is 0. The van der Waals surface area contributed by atoms with Crippen LogP contribution in [0.1, 0.15) is 85.5 Å². The van der Waals surface area contributed by atoms with E-state index in [4.69, 9.17) is 0 Å². The van der Waals surface area contributed by atoms with Crippen molar-refractivity contribution in [3.05, 3.63) is 12.2 Å². The van der Waals surface area contributed by atoms with Crippen molar-refractivity contribution in [2.24, 2.45) is 17.8 Å². The first-order chi connectivity index (χ1) is 15.0. The van der Waals surface area contributed by atoms with E-state index in [9.17, 15) is 29.7 Å². The van der Waals surface area contributed by atoms with Crippen molar-refractivity contribution in [2.75, 3.05) is 26.2 Å². The van der Waals surface area contributed by atoms with Crippen LogP contribution in [0, 0.1) is 17.8 Å². The van der Waals surface area contributed by atoms with Crippen LogP contribution in [0.3, 0.4) is 0 Å². The van der Waals surface area contributed by atoms with Crippen molar-refractivity contribution >= 4 is 17.9 Å². The number of carbonyl (C=O) groups is 3. The molecule has 3 atom stereocenters. The standard InChI is InChI=1S/C25H45NO6/c1-5-6-7-8-9-10-11-12-13-14-15-16-26(17-20(2)23(27)28,18-21(3)24(29)30)19-22(4)25(31)32/h12-13,20-22H,5-11,14-19H2,1-4H3,(H2-,27,28,29,30,31,32)/b13-12+. The Labute approximate surface area is 194 Å². The number of unbranched alkanes of at least 4 members (excludes halogenated alkanes) is 7. The summed E-state index contributed by atoms with van der Waals surface area (Å²) in [4.78, 5) is 34.4. The van der Waals surface area contributed by atoms with Gasteiger partial charge in [0.2, 0.25) is 0 Å². The van der Waals surface area contributed by atoms with E-state index in [2.05, 4.69) is 19.1 Å². The zero-order valence-electron chi connectivity index (χ0n) is 20.6. The third-order valence-electron chi connectivity index (χ3n) is 6.12. The molecular formula is C25H45NO6. The highest BCUT2D eigenvalue weighted by atomic mass is 16.4. The van der Waals surface area contributed by atoms with Crippen molar-refractivity contribution in [2.45, 2.75) is 85.5 Å². The predicted octanol–water partition coefficient (Wildman–Crippen LogP) is 3.72. The molecule has 0 radical (unpaired) electrons. The monoisotopic (exact) mass is 455 g/mol. The SMILES string of the molecule is CCCCCCCC/C=C/CCC[N+](CC(C)C(=O)[O-])(CC(C)C(=O)O)CC(C)C(=O)O. The number of carbonyl (C=O) groups excluding carboxylic acids is 1. The van der Waals surface area contributed by atoms with E-state index in [0.717, 1.165) is 19.3 Å². The number of carboxylic acid groups (broad SMARTS) is 3. The fourth-order valence-electron chi connectivity index (χ4n) is 4.29. The van der Waals surface area contributed by atoms with Crippen LogP contribution in [0.5, 0.6) is 0 Å². The van der Waals surface area contributed by atoms with E-state index in [1.165, 1.54) is 38.5 Å². The van der Waals surface area contributed by atoms with Crippen LogP contribution in [0.4, 0.5) is 0 Å². The molecule has 0 aliphatic heterocycles.